The molecule has 0 saturated carbocycles. The minimum absolute atomic E-state index is 0.0167. The maximum Gasteiger partial charge on any atom is 0.282 e. The van der Waals surface area contributed by atoms with Crippen molar-refractivity contribution in [3.63, 3.8) is 0 Å². The van der Waals surface area contributed by atoms with Crippen molar-refractivity contribution in [1.82, 2.24) is 39.8 Å². The first-order valence-electron chi connectivity index (χ1n) is 20.4. The summed E-state index contributed by atoms with van der Waals surface area (Å²) in [6.45, 7) is 13.8. The molecule has 3 amide bonds. The van der Waals surface area contributed by atoms with Crippen LogP contribution in [0.2, 0.25) is 5.02 Å². The second kappa shape index (κ2) is 16.0. The van der Waals surface area contributed by atoms with E-state index < -0.39 is 34.9 Å². The monoisotopic (exact) mass is 860 g/mol. The number of thiazole rings is 1. The number of aliphatic hydroxyl groups excluding tert-OH is 1. The van der Waals surface area contributed by atoms with Gasteiger partial charge in [-0.3, -0.25) is 28.4 Å². The number of carbonyl (C=O) groups excluding carboxylic acids is 3. The van der Waals surface area contributed by atoms with E-state index >= 15 is 0 Å². The molecule has 1 saturated heterocycles. The van der Waals surface area contributed by atoms with Crippen LogP contribution in [0.5, 0.6) is 0 Å². The summed E-state index contributed by atoms with van der Waals surface area (Å²) < 4.78 is 3.69. The molecule has 15 heteroatoms. The minimum Gasteiger partial charge on any atom is -0.391 e. The van der Waals surface area contributed by atoms with Crippen LogP contribution in [0.3, 0.4) is 0 Å². The fraction of sp³-hybridized carbons (Fsp3) is 0.370. The number of likely N-dealkylation sites (tertiary alicyclic amines) is 1. The first kappa shape index (κ1) is 42.0. The molecule has 5 heterocycles. The molecule has 61 heavy (non-hydrogen) atoms. The summed E-state index contributed by atoms with van der Waals surface area (Å²) >= 11 is 8.05. The number of rotatable bonds is 10. The van der Waals surface area contributed by atoms with Crippen LogP contribution in [0.1, 0.15) is 83.1 Å². The van der Waals surface area contributed by atoms with E-state index in [1.54, 1.807) is 28.3 Å². The lowest BCUT2D eigenvalue weighted by Crippen LogP contribution is -2.57. The predicted octanol–water partition coefficient (Wildman–Crippen LogP) is 6.73. The van der Waals surface area contributed by atoms with Crippen LogP contribution in [0.4, 0.5) is 0 Å². The first-order valence-corrected chi connectivity index (χ1v) is 21.7. The van der Waals surface area contributed by atoms with Crippen molar-refractivity contribution in [3.8, 4) is 27.3 Å². The zero-order valence-electron chi connectivity index (χ0n) is 35.2. The third-order valence-electron chi connectivity index (χ3n) is 11.9. The smallest absolute Gasteiger partial charge is 0.282 e. The number of aryl methyl sites for hydroxylation is 2. The van der Waals surface area contributed by atoms with Gasteiger partial charge in [0.1, 0.15) is 17.9 Å². The van der Waals surface area contributed by atoms with Crippen LogP contribution in [-0.4, -0.2) is 76.8 Å². The van der Waals surface area contributed by atoms with Crippen molar-refractivity contribution in [2.75, 3.05) is 6.54 Å². The fourth-order valence-electron chi connectivity index (χ4n) is 8.53. The van der Waals surface area contributed by atoms with Gasteiger partial charge in [-0.15, -0.1) is 11.3 Å². The van der Waals surface area contributed by atoms with Gasteiger partial charge in [0.25, 0.3) is 5.56 Å². The SMILES string of the molecule is Cc1ncsc1-c1ccc([C@H](C)NC(=O)[C@@H]2C[C@@H](O)CN2C(=O)[C@@H](NC(=O)CCn2cc(-c3ccc4c(c3)-n3c(nc(=O)c5c(Cl)cccc53)C4(C)C)cn2)C(C)(C)C)cc1. The number of nitrogens with zero attached hydrogens (tertiary/aromatic N) is 6. The largest absolute Gasteiger partial charge is 0.391 e. The Labute approximate surface area is 362 Å². The van der Waals surface area contributed by atoms with Crippen molar-refractivity contribution in [2.24, 2.45) is 5.41 Å². The third kappa shape index (κ3) is 7.88. The second-order valence-corrected chi connectivity index (χ2v) is 19.0. The maximum absolute atomic E-state index is 14.2. The maximum atomic E-state index is 14.2. The summed E-state index contributed by atoms with van der Waals surface area (Å²) in [6.07, 6.45) is 2.87. The zero-order chi connectivity index (χ0) is 43.5. The third-order valence-corrected chi connectivity index (χ3v) is 13.2. The van der Waals surface area contributed by atoms with Gasteiger partial charge in [-0.05, 0) is 73.6 Å². The topological polar surface area (TPSA) is 164 Å². The molecule has 13 nitrogen and oxygen atoms in total. The van der Waals surface area contributed by atoms with Crippen LogP contribution >= 0.6 is 22.9 Å². The van der Waals surface area contributed by atoms with Crippen LogP contribution in [-0.2, 0) is 26.3 Å². The molecule has 6 aromatic rings. The first-order chi connectivity index (χ1) is 28.9. The number of fused-ring (bicyclic) bond motifs is 5. The van der Waals surface area contributed by atoms with E-state index in [0.717, 1.165) is 44.1 Å². The lowest BCUT2D eigenvalue weighted by molar-refractivity contribution is -0.144. The molecule has 0 aliphatic carbocycles. The molecule has 0 bridgehead atoms. The molecule has 2 aliphatic heterocycles. The van der Waals surface area contributed by atoms with E-state index in [2.05, 4.69) is 31.8 Å². The highest BCUT2D eigenvalue weighted by Gasteiger charge is 2.45. The Bertz CT molecular complexity index is 2750. The summed E-state index contributed by atoms with van der Waals surface area (Å²) in [5.74, 6) is -0.496. The summed E-state index contributed by atoms with van der Waals surface area (Å²) in [5, 5.41) is 22.0. The fourth-order valence-corrected chi connectivity index (χ4v) is 9.60. The number of aliphatic hydroxyl groups is 1. The van der Waals surface area contributed by atoms with E-state index in [4.69, 9.17) is 11.6 Å². The van der Waals surface area contributed by atoms with Crippen molar-refractivity contribution in [2.45, 2.75) is 97.5 Å². The number of hydrogen-bond donors (Lipinski definition) is 3. The molecular formula is C46H49ClN8O5S. The molecule has 3 N–H and O–H groups in total. The lowest BCUT2D eigenvalue weighted by atomic mass is 9.85. The minimum atomic E-state index is -0.955. The van der Waals surface area contributed by atoms with Gasteiger partial charge in [0.15, 0.2) is 0 Å². The molecular weight excluding hydrogens is 812 g/mol. The Balaban J connectivity index is 0.930. The van der Waals surface area contributed by atoms with E-state index in [0.29, 0.717) is 21.7 Å². The van der Waals surface area contributed by atoms with E-state index in [1.165, 1.54) is 4.90 Å². The standard InChI is InChI=1S/C46H49ClN8O5S/c1-25(27-11-13-28(14-12-27)39-26(2)48-24-61-39)50-41(58)36-20-31(56)23-54(36)43(60)40(45(3,4)5)51-37(57)17-18-53-22-30(21-49-53)29-15-16-32-35(19-29)55-34-10-8-9-33(47)38(34)42(59)52-44(55)46(32,6)7/h8-16,19,21-22,24-25,31,36,40,56H,17-18,20,23H2,1-7H3,(H,50,58)(H,51,57)/t25-,31+,36-,40+/m0/s1. The van der Waals surface area contributed by atoms with Crippen molar-refractivity contribution >= 4 is 51.6 Å². The van der Waals surface area contributed by atoms with Crippen LogP contribution < -0.4 is 16.2 Å². The molecule has 4 atom stereocenters. The zero-order valence-corrected chi connectivity index (χ0v) is 36.8. The molecule has 316 valence electrons. The van der Waals surface area contributed by atoms with Crippen molar-refractivity contribution < 1.29 is 19.5 Å². The van der Waals surface area contributed by atoms with Crippen LogP contribution in [0, 0.1) is 12.3 Å². The van der Waals surface area contributed by atoms with Gasteiger partial charge in [0.2, 0.25) is 17.7 Å². The van der Waals surface area contributed by atoms with E-state index in [1.807, 2.05) is 113 Å². The normalized spacial score (nSPS) is 17.8. The number of halogens is 1. The summed E-state index contributed by atoms with van der Waals surface area (Å²) in [4.78, 5) is 65.9. The second-order valence-electron chi connectivity index (χ2n) is 17.7. The quantitative estimate of drug-likeness (QED) is 0.137. The van der Waals surface area contributed by atoms with Gasteiger partial charge in [0, 0.05) is 37.7 Å². The van der Waals surface area contributed by atoms with Gasteiger partial charge >= 0.3 is 0 Å². The molecule has 0 spiro atoms. The van der Waals surface area contributed by atoms with E-state index in [9.17, 15) is 24.3 Å². The summed E-state index contributed by atoms with van der Waals surface area (Å²) in [5.41, 5.74) is 7.49. The molecule has 3 aromatic heterocycles. The van der Waals surface area contributed by atoms with Crippen molar-refractivity contribution in [3.05, 3.63) is 117 Å². The highest BCUT2D eigenvalue weighted by atomic mass is 35.5. The molecule has 1 fully saturated rings. The highest BCUT2D eigenvalue weighted by molar-refractivity contribution is 7.13. The molecule has 8 rings (SSSR count). The number of nitrogens with one attached hydrogen (secondary N) is 2. The lowest BCUT2D eigenvalue weighted by Gasteiger charge is -2.35. The van der Waals surface area contributed by atoms with Gasteiger partial charge < -0.3 is 20.6 Å². The molecule has 3 aromatic carbocycles. The molecule has 2 aliphatic rings. The van der Waals surface area contributed by atoms with Gasteiger partial charge in [0.05, 0.1) is 61.5 Å². The Morgan fingerprint density at radius 3 is 2.48 bits per heavy atom. The van der Waals surface area contributed by atoms with E-state index in [-0.39, 0.29) is 49.3 Å². The van der Waals surface area contributed by atoms with Crippen LogP contribution in [0.25, 0.3) is 38.2 Å². The van der Waals surface area contributed by atoms with Gasteiger partial charge in [-0.1, -0.05) is 74.8 Å². The number of carbonyl (C=O) groups is 3. The number of β-amino-alcohol motifs (C(OH)–C–C–N with tert-alkyl or cyclic N) is 1. The molecule has 0 unspecified atom stereocenters. The van der Waals surface area contributed by atoms with Crippen LogP contribution in [0.15, 0.2) is 83.4 Å². The Kier molecular flexibility index (Phi) is 11.0. The Morgan fingerprint density at radius 1 is 1.03 bits per heavy atom. The highest BCUT2D eigenvalue weighted by Crippen LogP contribution is 2.44. The number of amides is 3. The number of benzene rings is 3. The number of hydrogen-bond acceptors (Lipinski definition) is 9. The summed E-state index contributed by atoms with van der Waals surface area (Å²) in [7, 11) is 0. The summed E-state index contributed by atoms with van der Waals surface area (Å²) in [6, 6.07) is 17.3. The Hall–Kier alpha value is -5.70. The number of aromatic nitrogens is 5. The van der Waals surface area contributed by atoms with Gasteiger partial charge in [-0.2, -0.15) is 10.1 Å². The molecule has 0 radical (unpaired) electrons. The average molecular weight is 861 g/mol. The van der Waals surface area contributed by atoms with Gasteiger partial charge in [-0.25, -0.2) is 4.98 Å². The Morgan fingerprint density at radius 2 is 1.77 bits per heavy atom. The predicted molar refractivity (Wildman–Crippen MR) is 237 cm³/mol. The van der Waals surface area contributed by atoms with Crippen molar-refractivity contribution in [1.29, 1.82) is 0 Å². The average Bonchev–Trinajstić information content (AvgIpc) is 4.01.